The molecule has 0 radical (unpaired) electrons. The van der Waals surface area contributed by atoms with E-state index < -0.39 is 11.2 Å². The third-order valence-electron chi connectivity index (χ3n) is 2.58. The zero-order chi connectivity index (χ0) is 15.1. The Morgan fingerprint density at radius 1 is 1.40 bits per heavy atom. The normalized spacial score (nSPS) is 12.2. The molecule has 0 aliphatic carbocycles. The van der Waals surface area contributed by atoms with Gasteiger partial charge in [-0.05, 0) is 24.1 Å². The van der Waals surface area contributed by atoms with Gasteiger partial charge in [0, 0.05) is 22.9 Å². The topological polar surface area (TPSA) is 66.4 Å². The molecule has 2 N–H and O–H groups in total. The molecule has 4 nitrogen and oxygen atoms in total. The standard InChI is InChI=1S/C14H18ClNO3S/c1-9(2)13(14(18)19)20-7-6-12(17)16-11-5-3-4-10(15)8-11/h3-5,8-9,13H,6-7H2,1-2H3,(H,16,17)(H,18,19). The number of rotatable bonds is 7. The fourth-order valence-electron chi connectivity index (χ4n) is 1.62. The monoisotopic (exact) mass is 315 g/mol. The summed E-state index contributed by atoms with van der Waals surface area (Å²) in [4.78, 5) is 22.7. The van der Waals surface area contributed by atoms with E-state index in [0.29, 0.717) is 16.5 Å². The van der Waals surface area contributed by atoms with E-state index in [4.69, 9.17) is 16.7 Å². The van der Waals surface area contributed by atoms with Crippen molar-refractivity contribution in [3.8, 4) is 0 Å². The first-order valence-electron chi connectivity index (χ1n) is 6.30. The largest absolute Gasteiger partial charge is 0.480 e. The predicted molar refractivity (Wildman–Crippen MR) is 83.4 cm³/mol. The van der Waals surface area contributed by atoms with Crippen molar-refractivity contribution in [2.24, 2.45) is 5.92 Å². The van der Waals surface area contributed by atoms with Crippen LogP contribution < -0.4 is 5.32 Å². The van der Waals surface area contributed by atoms with E-state index in [2.05, 4.69) is 5.32 Å². The van der Waals surface area contributed by atoms with Gasteiger partial charge in [0.2, 0.25) is 5.91 Å². The Hall–Kier alpha value is -1.20. The molecule has 1 atom stereocenters. The second kappa shape index (κ2) is 8.17. The van der Waals surface area contributed by atoms with Crippen LogP contribution in [0.2, 0.25) is 5.02 Å². The van der Waals surface area contributed by atoms with Crippen LogP contribution in [-0.2, 0) is 9.59 Å². The summed E-state index contributed by atoms with van der Waals surface area (Å²) in [6.45, 7) is 3.72. The third-order valence-corrected chi connectivity index (χ3v) is 4.36. The Morgan fingerprint density at radius 3 is 2.65 bits per heavy atom. The van der Waals surface area contributed by atoms with E-state index in [1.807, 2.05) is 13.8 Å². The van der Waals surface area contributed by atoms with Crippen LogP contribution >= 0.6 is 23.4 Å². The first-order chi connectivity index (χ1) is 9.40. The van der Waals surface area contributed by atoms with Gasteiger partial charge in [-0.25, -0.2) is 0 Å². The van der Waals surface area contributed by atoms with Crippen molar-refractivity contribution in [3.05, 3.63) is 29.3 Å². The summed E-state index contributed by atoms with van der Waals surface area (Å²) in [6.07, 6.45) is 0.272. The maximum absolute atomic E-state index is 11.7. The molecule has 20 heavy (non-hydrogen) atoms. The quantitative estimate of drug-likeness (QED) is 0.808. The Balaban J connectivity index is 2.38. The average Bonchev–Trinajstić information content (AvgIpc) is 2.33. The minimum atomic E-state index is -0.833. The number of halogens is 1. The molecule has 0 fully saturated rings. The maximum Gasteiger partial charge on any atom is 0.316 e. The predicted octanol–water partition coefficient (Wildman–Crippen LogP) is 3.51. The van der Waals surface area contributed by atoms with Crippen molar-refractivity contribution in [3.63, 3.8) is 0 Å². The van der Waals surface area contributed by atoms with Gasteiger partial charge in [-0.1, -0.05) is 31.5 Å². The van der Waals surface area contributed by atoms with Gasteiger partial charge in [0.1, 0.15) is 5.25 Å². The number of carbonyl (C=O) groups is 2. The number of thioether (sulfide) groups is 1. The molecule has 0 heterocycles. The third kappa shape index (κ3) is 5.84. The lowest BCUT2D eigenvalue weighted by Gasteiger charge is -2.15. The molecule has 0 spiro atoms. The molecule has 0 saturated heterocycles. The molecule has 1 amide bonds. The van der Waals surface area contributed by atoms with E-state index in [0.717, 1.165) is 0 Å². The number of carboxylic acid groups (broad SMARTS) is 1. The first-order valence-corrected chi connectivity index (χ1v) is 7.72. The first kappa shape index (κ1) is 16.9. The number of benzene rings is 1. The summed E-state index contributed by atoms with van der Waals surface area (Å²) in [5.41, 5.74) is 0.645. The highest BCUT2D eigenvalue weighted by Gasteiger charge is 2.21. The highest BCUT2D eigenvalue weighted by Crippen LogP contribution is 2.21. The highest BCUT2D eigenvalue weighted by molar-refractivity contribution is 8.00. The fraction of sp³-hybridized carbons (Fsp3) is 0.429. The van der Waals surface area contributed by atoms with E-state index in [1.54, 1.807) is 24.3 Å². The van der Waals surface area contributed by atoms with Crippen molar-refractivity contribution in [1.29, 1.82) is 0 Å². The highest BCUT2D eigenvalue weighted by atomic mass is 35.5. The summed E-state index contributed by atoms with van der Waals surface area (Å²) in [6, 6.07) is 6.91. The van der Waals surface area contributed by atoms with Crippen molar-refractivity contribution in [2.45, 2.75) is 25.5 Å². The SMILES string of the molecule is CC(C)C(SCCC(=O)Nc1cccc(Cl)c1)C(=O)O. The summed E-state index contributed by atoms with van der Waals surface area (Å²) in [5.74, 6) is -0.469. The number of hydrogen-bond donors (Lipinski definition) is 2. The van der Waals surface area contributed by atoms with Gasteiger partial charge in [0.15, 0.2) is 0 Å². The summed E-state index contributed by atoms with van der Waals surface area (Å²) in [5, 5.41) is 11.8. The average molecular weight is 316 g/mol. The Labute approximate surface area is 127 Å². The number of carbonyl (C=O) groups excluding carboxylic acids is 1. The number of aliphatic carboxylic acids is 1. The number of carboxylic acids is 1. The minimum Gasteiger partial charge on any atom is -0.480 e. The van der Waals surface area contributed by atoms with Crippen LogP contribution in [0.5, 0.6) is 0 Å². The van der Waals surface area contributed by atoms with Crippen LogP contribution in [0.25, 0.3) is 0 Å². The molecule has 1 rings (SSSR count). The van der Waals surface area contributed by atoms with Crippen molar-refractivity contribution in [1.82, 2.24) is 0 Å². The number of nitrogens with one attached hydrogen (secondary N) is 1. The van der Waals surface area contributed by atoms with Crippen LogP contribution in [0, 0.1) is 5.92 Å². The van der Waals surface area contributed by atoms with E-state index in [1.165, 1.54) is 11.8 Å². The summed E-state index contributed by atoms with van der Waals surface area (Å²) >= 11 is 7.12. The number of anilines is 1. The molecule has 0 aromatic heterocycles. The molecular weight excluding hydrogens is 298 g/mol. The molecule has 0 saturated carbocycles. The van der Waals surface area contributed by atoms with Gasteiger partial charge in [-0.3, -0.25) is 9.59 Å². The Morgan fingerprint density at radius 2 is 2.10 bits per heavy atom. The molecule has 1 aromatic carbocycles. The summed E-state index contributed by atoms with van der Waals surface area (Å²) < 4.78 is 0. The number of amides is 1. The molecular formula is C14H18ClNO3S. The molecule has 6 heteroatoms. The molecule has 0 aliphatic heterocycles. The lowest BCUT2D eigenvalue weighted by atomic mass is 10.1. The lowest BCUT2D eigenvalue weighted by molar-refractivity contribution is -0.137. The van der Waals surface area contributed by atoms with Gasteiger partial charge in [0.25, 0.3) is 0 Å². The van der Waals surface area contributed by atoms with E-state index >= 15 is 0 Å². The van der Waals surface area contributed by atoms with Crippen LogP contribution in [0.3, 0.4) is 0 Å². The zero-order valence-corrected chi connectivity index (χ0v) is 13.0. The number of hydrogen-bond acceptors (Lipinski definition) is 3. The molecule has 1 aromatic rings. The van der Waals surface area contributed by atoms with Crippen molar-refractivity contribution >= 4 is 40.9 Å². The fourth-order valence-corrected chi connectivity index (χ4v) is 2.89. The van der Waals surface area contributed by atoms with Gasteiger partial charge >= 0.3 is 5.97 Å². The molecule has 1 unspecified atom stereocenters. The molecule has 0 aliphatic rings. The second-order valence-corrected chi connectivity index (χ2v) is 6.37. The smallest absolute Gasteiger partial charge is 0.316 e. The maximum atomic E-state index is 11.7. The minimum absolute atomic E-state index is 0.0356. The van der Waals surface area contributed by atoms with Gasteiger partial charge in [-0.2, -0.15) is 0 Å². The van der Waals surface area contributed by atoms with E-state index in [9.17, 15) is 9.59 Å². The van der Waals surface area contributed by atoms with Gasteiger partial charge in [-0.15, -0.1) is 11.8 Å². The van der Waals surface area contributed by atoms with Gasteiger partial charge in [0.05, 0.1) is 0 Å². The van der Waals surface area contributed by atoms with Crippen LogP contribution in [0.4, 0.5) is 5.69 Å². The molecule has 0 bridgehead atoms. The summed E-state index contributed by atoms with van der Waals surface area (Å²) in [7, 11) is 0. The molecule has 110 valence electrons. The Kier molecular flexibility index (Phi) is 6.88. The van der Waals surface area contributed by atoms with Crippen molar-refractivity contribution in [2.75, 3.05) is 11.1 Å². The second-order valence-electron chi connectivity index (χ2n) is 4.68. The Bertz CT molecular complexity index is 479. The van der Waals surface area contributed by atoms with Crippen molar-refractivity contribution < 1.29 is 14.7 Å². The van der Waals surface area contributed by atoms with Crippen LogP contribution in [0.1, 0.15) is 20.3 Å². The van der Waals surface area contributed by atoms with Crippen LogP contribution in [-0.4, -0.2) is 28.0 Å². The lowest BCUT2D eigenvalue weighted by Crippen LogP contribution is -2.23. The van der Waals surface area contributed by atoms with E-state index in [-0.39, 0.29) is 18.2 Å². The van der Waals surface area contributed by atoms with Crippen LogP contribution in [0.15, 0.2) is 24.3 Å². The zero-order valence-electron chi connectivity index (χ0n) is 11.4. The van der Waals surface area contributed by atoms with Gasteiger partial charge < -0.3 is 10.4 Å².